The summed E-state index contributed by atoms with van der Waals surface area (Å²) in [6.45, 7) is 7.04. The molecule has 2 aliphatic heterocycles. The van der Waals surface area contributed by atoms with Crippen molar-refractivity contribution in [2.24, 2.45) is 0 Å². The summed E-state index contributed by atoms with van der Waals surface area (Å²) in [6, 6.07) is 9.54. The molecule has 3 aliphatic rings. The minimum Gasteiger partial charge on any atom is -0.489 e. The maximum absolute atomic E-state index is 14.2. The third-order valence-corrected chi connectivity index (χ3v) is 7.78. The molecule has 2 heterocycles. The van der Waals surface area contributed by atoms with E-state index in [1.54, 1.807) is 35.2 Å². The Morgan fingerprint density at radius 3 is 2.56 bits per heavy atom. The van der Waals surface area contributed by atoms with Crippen LogP contribution in [0, 0.1) is 5.82 Å². The van der Waals surface area contributed by atoms with Gasteiger partial charge in [-0.15, -0.1) is 0 Å². The molecule has 1 aliphatic carbocycles. The van der Waals surface area contributed by atoms with E-state index in [0.717, 1.165) is 11.1 Å². The Morgan fingerprint density at radius 2 is 1.87 bits per heavy atom. The molecule has 0 unspecified atom stereocenters. The maximum atomic E-state index is 14.2. The smallest absolute Gasteiger partial charge is 0.415 e. The highest BCUT2D eigenvalue weighted by Crippen LogP contribution is 2.53. The van der Waals surface area contributed by atoms with Crippen LogP contribution in [-0.4, -0.2) is 59.9 Å². The number of hydrogen-bond donors (Lipinski definition) is 2. The van der Waals surface area contributed by atoms with Crippen LogP contribution < -0.4 is 15.0 Å². The van der Waals surface area contributed by atoms with Crippen molar-refractivity contribution in [1.29, 1.82) is 0 Å². The van der Waals surface area contributed by atoms with Gasteiger partial charge >= 0.3 is 18.1 Å². The van der Waals surface area contributed by atoms with Crippen LogP contribution in [0.2, 0.25) is 0 Å². The quantitative estimate of drug-likeness (QED) is 0.534. The molecule has 0 aromatic heterocycles. The zero-order valence-corrected chi connectivity index (χ0v) is 22.5. The predicted octanol–water partition coefficient (Wildman–Crippen LogP) is 5.49. The molecular weight excluding hydrogens is 505 g/mol. The third kappa shape index (κ3) is 5.51. The van der Waals surface area contributed by atoms with Gasteiger partial charge in [-0.1, -0.05) is 6.07 Å². The number of ether oxygens (including phenoxy) is 2. The average Bonchev–Trinajstić information content (AvgIpc) is 3.13. The number of nitrogens with one attached hydrogen (secondary N) is 1. The van der Waals surface area contributed by atoms with Crippen LogP contribution >= 0.6 is 0 Å². The number of fused-ring (bicyclic) bond motifs is 3. The Bertz CT molecular complexity index is 1300. The van der Waals surface area contributed by atoms with Crippen molar-refractivity contribution in [3.63, 3.8) is 0 Å². The molecule has 1 spiro atoms. The highest BCUT2D eigenvalue weighted by Gasteiger charge is 2.46. The number of anilines is 2. The fraction of sp³-hybridized carbons (Fsp3) is 0.483. The van der Waals surface area contributed by atoms with E-state index in [0.29, 0.717) is 62.6 Å². The number of carboxylic acid groups (broad SMARTS) is 1. The number of piperidine rings is 1. The molecule has 3 amide bonds. The van der Waals surface area contributed by atoms with Gasteiger partial charge < -0.3 is 24.8 Å². The van der Waals surface area contributed by atoms with E-state index < -0.39 is 17.7 Å². The van der Waals surface area contributed by atoms with Crippen molar-refractivity contribution in [2.45, 2.75) is 63.4 Å². The molecule has 1 fully saturated rings. The zero-order valence-electron chi connectivity index (χ0n) is 22.5. The van der Waals surface area contributed by atoms with Crippen molar-refractivity contribution in [3.05, 3.63) is 53.3 Å². The van der Waals surface area contributed by atoms with E-state index in [1.807, 2.05) is 20.8 Å². The SMILES string of the molecule is CC(C)(C)OC(=O)N1CCOc2cc(NC(=O)N3CCC4(CC3)C[C@@H](CC(=O)O)c3ccc(F)cc34)ccc21. The Kier molecular flexibility index (Phi) is 6.90. The molecule has 5 rings (SSSR count). The first-order valence-electron chi connectivity index (χ1n) is 13.3. The van der Waals surface area contributed by atoms with Gasteiger partial charge in [-0.2, -0.15) is 0 Å². The highest BCUT2D eigenvalue weighted by atomic mass is 19.1. The van der Waals surface area contributed by atoms with Gasteiger partial charge in [0.2, 0.25) is 0 Å². The summed E-state index contributed by atoms with van der Waals surface area (Å²) < 4.78 is 25.4. The minimum absolute atomic E-state index is 0.0103. The lowest BCUT2D eigenvalue weighted by Crippen LogP contribution is -2.46. The van der Waals surface area contributed by atoms with E-state index >= 15 is 0 Å². The molecule has 9 nitrogen and oxygen atoms in total. The van der Waals surface area contributed by atoms with Crippen LogP contribution in [0.15, 0.2) is 36.4 Å². The second-order valence-electron chi connectivity index (χ2n) is 11.6. The van der Waals surface area contributed by atoms with Gasteiger partial charge in [-0.25, -0.2) is 14.0 Å². The zero-order chi connectivity index (χ0) is 27.9. The number of rotatable bonds is 3. The molecule has 1 saturated heterocycles. The second kappa shape index (κ2) is 10.1. The van der Waals surface area contributed by atoms with E-state index in [-0.39, 0.29) is 29.6 Å². The van der Waals surface area contributed by atoms with Crippen LogP contribution in [-0.2, 0) is 14.9 Å². The molecule has 208 valence electrons. The van der Waals surface area contributed by atoms with E-state index in [1.165, 1.54) is 11.0 Å². The van der Waals surface area contributed by atoms with E-state index in [9.17, 15) is 23.9 Å². The summed E-state index contributed by atoms with van der Waals surface area (Å²) in [5.74, 6) is -0.873. The lowest BCUT2D eigenvalue weighted by atomic mass is 9.73. The molecular formula is C29H34FN3O6. The normalized spacial score (nSPS) is 19.6. The van der Waals surface area contributed by atoms with Crippen molar-refractivity contribution >= 4 is 29.5 Å². The van der Waals surface area contributed by atoms with Gasteiger partial charge in [0.15, 0.2) is 0 Å². The lowest BCUT2D eigenvalue weighted by Gasteiger charge is -2.40. The number of halogens is 1. The van der Waals surface area contributed by atoms with Crippen molar-refractivity contribution in [3.8, 4) is 5.75 Å². The van der Waals surface area contributed by atoms with Crippen LogP contribution in [0.4, 0.5) is 25.4 Å². The molecule has 10 heteroatoms. The summed E-state index contributed by atoms with van der Waals surface area (Å²) in [5, 5.41) is 12.3. The number of carboxylic acids is 1. The van der Waals surface area contributed by atoms with Crippen molar-refractivity contribution in [1.82, 2.24) is 4.90 Å². The fourth-order valence-corrected chi connectivity index (χ4v) is 6.05. The van der Waals surface area contributed by atoms with Crippen LogP contribution in [0.3, 0.4) is 0 Å². The first-order chi connectivity index (χ1) is 18.4. The topological polar surface area (TPSA) is 108 Å². The van der Waals surface area contributed by atoms with Crippen molar-refractivity contribution < 1.29 is 33.4 Å². The molecule has 0 saturated carbocycles. The molecule has 0 radical (unpaired) electrons. The van der Waals surface area contributed by atoms with Crippen LogP contribution in [0.25, 0.3) is 0 Å². The Labute approximate surface area is 226 Å². The standard InChI is InChI=1S/C29H34FN3O6/c1-28(2,3)39-27(37)33-12-13-38-24-16-20(5-7-23(24)33)31-26(36)32-10-8-29(9-11-32)17-18(14-25(34)35)21-6-4-19(30)15-22(21)29/h4-7,15-16,18H,8-14,17H2,1-3H3,(H,31,36)(H,34,35)/t18-/m1/s1. The monoisotopic (exact) mass is 539 g/mol. The maximum Gasteiger partial charge on any atom is 0.415 e. The molecule has 39 heavy (non-hydrogen) atoms. The number of carbonyl (C=O) groups is 3. The average molecular weight is 540 g/mol. The largest absolute Gasteiger partial charge is 0.489 e. The number of carbonyl (C=O) groups excluding carboxylic acids is 2. The minimum atomic E-state index is -0.868. The molecule has 2 aromatic rings. The number of amides is 3. The number of benzene rings is 2. The first kappa shape index (κ1) is 26.8. The van der Waals surface area contributed by atoms with Gasteiger partial charge in [0.25, 0.3) is 0 Å². The van der Waals surface area contributed by atoms with Crippen LogP contribution in [0.1, 0.15) is 63.5 Å². The number of nitrogens with zero attached hydrogens (tertiary/aromatic N) is 2. The number of likely N-dealkylation sites (tertiary alicyclic amines) is 1. The molecule has 1 atom stereocenters. The highest BCUT2D eigenvalue weighted by molar-refractivity contribution is 5.93. The van der Waals surface area contributed by atoms with Crippen molar-refractivity contribution in [2.75, 3.05) is 36.5 Å². The Balaban J connectivity index is 1.25. The van der Waals surface area contributed by atoms with E-state index in [2.05, 4.69) is 5.32 Å². The lowest BCUT2D eigenvalue weighted by molar-refractivity contribution is -0.137. The van der Waals surface area contributed by atoms with Gasteiger partial charge in [-0.3, -0.25) is 9.69 Å². The Morgan fingerprint density at radius 1 is 1.13 bits per heavy atom. The Hall–Kier alpha value is -3.82. The molecule has 0 bridgehead atoms. The molecule has 2 aromatic carbocycles. The molecule has 2 N–H and O–H groups in total. The number of aliphatic carboxylic acids is 1. The number of urea groups is 1. The van der Waals surface area contributed by atoms with Crippen LogP contribution in [0.5, 0.6) is 5.75 Å². The van der Waals surface area contributed by atoms with Gasteiger partial charge in [-0.05, 0) is 86.8 Å². The first-order valence-corrected chi connectivity index (χ1v) is 13.3. The summed E-state index contributed by atoms with van der Waals surface area (Å²) in [4.78, 5) is 40.5. The summed E-state index contributed by atoms with van der Waals surface area (Å²) >= 11 is 0. The summed E-state index contributed by atoms with van der Waals surface area (Å²) in [5.41, 5.74) is 1.96. The fourth-order valence-electron chi connectivity index (χ4n) is 6.05. The van der Waals surface area contributed by atoms with Gasteiger partial charge in [0, 0.05) is 24.8 Å². The van der Waals surface area contributed by atoms with Gasteiger partial charge in [0.1, 0.15) is 23.8 Å². The predicted molar refractivity (Wildman–Crippen MR) is 143 cm³/mol. The summed E-state index contributed by atoms with van der Waals surface area (Å²) in [7, 11) is 0. The second-order valence-corrected chi connectivity index (χ2v) is 11.6. The third-order valence-electron chi connectivity index (χ3n) is 7.78. The summed E-state index contributed by atoms with van der Waals surface area (Å²) in [6.07, 6.45) is 1.46. The van der Waals surface area contributed by atoms with Gasteiger partial charge in [0.05, 0.1) is 18.7 Å². The van der Waals surface area contributed by atoms with E-state index in [4.69, 9.17) is 9.47 Å². The number of hydrogen-bond acceptors (Lipinski definition) is 5.